The van der Waals surface area contributed by atoms with Crippen LogP contribution in [0.4, 0.5) is 13.2 Å². The molecule has 3 rings (SSSR count). The summed E-state index contributed by atoms with van der Waals surface area (Å²) in [5, 5.41) is 8.12. The molecule has 3 aromatic rings. The molecular weight excluding hydrogens is 311 g/mol. The Labute approximate surface area is 129 Å². The van der Waals surface area contributed by atoms with Crippen LogP contribution in [-0.2, 0) is 6.18 Å². The number of benzene rings is 2. The van der Waals surface area contributed by atoms with Gasteiger partial charge in [0, 0.05) is 11.3 Å². The number of nitrogens with zero attached hydrogens (tertiary/aromatic N) is 3. The minimum Gasteiger partial charge on any atom is -0.270 e. The molecule has 0 aliphatic rings. The molecule has 0 bridgehead atoms. The van der Waals surface area contributed by atoms with E-state index in [9.17, 15) is 13.2 Å². The highest BCUT2D eigenvalue weighted by Crippen LogP contribution is 2.32. The van der Waals surface area contributed by atoms with Gasteiger partial charge in [-0.1, -0.05) is 30.3 Å². The predicted molar refractivity (Wildman–Crippen MR) is 79.0 cm³/mol. The summed E-state index contributed by atoms with van der Waals surface area (Å²) in [6.07, 6.45) is -4.41. The van der Waals surface area contributed by atoms with E-state index in [1.807, 2.05) is 18.2 Å². The Balaban J connectivity index is 2.15. The smallest absolute Gasteiger partial charge is 0.270 e. The zero-order valence-corrected chi connectivity index (χ0v) is 12.0. The van der Waals surface area contributed by atoms with Crippen molar-refractivity contribution in [2.24, 2.45) is 0 Å². The van der Waals surface area contributed by atoms with Crippen molar-refractivity contribution in [1.29, 1.82) is 0 Å². The predicted octanol–water partition coefficient (Wildman–Crippen LogP) is 4.24. The number of alkyl halides is 3. The SMILES string of the molecule is FC(F)(F)c1cccc(-c2nnc(S)n2-c2ccccc2)c1. The minimum atomic E-state index is -4.41. The molecule has 2 aromatic carbocycles. The van der Waals surface area contributed by atoms with Crippen LogP contribution in [0.3, 0.4) is 0 Å². The lowest BCUT2D eigenvalue weighted by Crippen LogP contribution is -2.05. The Morgan fingerprint density at radius 3 is 2.32 bits per heavy atom. The summed E-state index contributed by atoms with van der Waals surface area (Å²) in [6.45, 7) is 0. The molecule has 0 radical (unpaired) electrons. The van der Waals surface area contributed by atoms with Crippen LogP contribution < -0.4 is 0 Å². The monoisotopic (exact) mass is 321 g/mol. The largest absolute Gasteiger partial charge is 0.416 e. The van der Waals surface area contributed by atoms with Crippen LogP contribution in [-0.4, -0.2) is 14.8 Å². The van der Waals surface area contributed by atoms with E-state index in [-0.39, 0.29) is 0 Å². The van der Waals surface area contributed by atoms with E-state index in [0.29, 0.717) is 16.5 Å². The summed E-state index contributed by atoms with van der Waals surface area (Å²) < 4.78 is 40.2. The summed E-state index contributed by atoms with van der Waals surface area (Å²) in [5.41, 5.74) is 0.324. The standard InChI is InChI=1S/C15H10F3N3S/c16-15(17,18)11-6-4-5-10(9-11)13-19-20-14(22)21(13)12-7-2-1-3-8-12/h1-9H,(H,20,22). The molecule has 0 amide bonds. The van der Waals surface area contributed by atoms with E-state index in [4.69, 9.17) is 0 Å². The van der Waals surface area contributed by atoms with Crippen molar-refractivity contribution in [3.05, 3.63) is 60.2 Å². The van der Waals surface area contributed by atoms with Gasteiger partial charge in [0.25, 0.3) is 0 Å². The average molecular weight is 321 g/mol. The molecule has 0 spiro atoms. The zero-order chi connectivity index (χ0) is 15.7. The Morgan fingerprint density at radius 1 is 0.909 bits per heavy atom. The third-order valence-corrected chi connectivity index (χ3v) is 3.40. The van der Waals surface area contributed by atoms with E-state index in [1.165, 1.54) is 6.07 Å². The van der Waals surface area contributed by atoms with Gasteiger partial charge >= 0.3 is 6.18 Å². The molecule has 0 unspecified atom stereocenters. The molecular formula is C15H10F3N3S. The van der Waals surface area contributed by atoms with E-state index in [0.717, 1.165) is 17.8 Å². The average Bonchev–Trinajstić information content (AvgIpc) is 2.89. The lowest BCUT2D eigenvalue weighted by Gasteiger charge is -2.10. The molecule has 0 saturated heterocycles. The molecule has 7 heteroatoms. The summed E-state index contributed by atoms with van der Waals surface area (Å²) in [5.74, 6) is 0.308. The fourth-order valence-electron chi connectivity index (χ4n) is 2.11. The first-order chi connectivity index (χ1) is 10.5. The van der Waals surface area contributed by atoms with Crippen molar-refractivity contribution in [1.82, 2.24) is 14.8 Å². The molecule has 0 aliphatic heterocycles. The highest BCUT2D eigenvalue weighted by molar-refractivity contribution is 7.80. The van der Waals surface area contributed by atoms with Gasteiger partial charge in [-0.3, -0.25) is 4.57 Å². The quantitative estimate of drug-likeness (QED) is 0.716. The highest BCUT2D eigenvalue weighted by atomic mass is 32.1. The molecule has 3 nitrogen and oxygen atoms in total. The van der Waals surface area contributed by atoms with Crippen LogP contribution >= 0.6 is 12.6 Å². The second-order valence-corrected chi connectivity index (χ2v) is 4.97. The molecule has 0 fully saturated rings. The lowest BCUT2D eigenvalue weighted by atomic mass is 10.1. The Hall–Kier alpha value is -2.28. The number of aromatic nitrogens is 3. The fraction of sp³-hybridized carbons (Fsp3) is 0.0667. The van der Waals surface area contributed by atoms with Gasteiger partial charge in [-0.25, -0.2) is 0 Å². The maximum atomic E-state index is 12.9. The van der Waals surface area contributed by atoms with Crippen LogP contribution in [0.5, 0.6) is 0 Å². The van der Waals surface area contributed by atoms with Gasteiger partial charge in [-0.05, 0) is 24.3 Å². The van der Waals surface area contributed by atoms with Crippen LogP contribution in [0, 0.1) is 0 Å². The van der Waals surface area contributed by atoms with Crippen molar-refractivity contribution in [2.45, 2.75) is 11.3 Å². The first kappa shape index (κ1) is 14.6. The normalized spacial score (nSPS) is 11.6. The number of para-hydroxylation sites is 1. The number of hydrogen-bond acceptors (Lipinski definition) is 3. The van der Waals surface area contributed by atoms with Gasteiger partial charge in [-0.2, -0.15) is 13.2 Å². The fourth-order valence-corrected chi connectivity index (χ4v) is 2.37. The van der Waals surface area contributed by atoms with Crippen LogP contribution in [0.25, 0.3) is 17.1 Å². The van der Waals surface area contributed by atoms with E-state index in [2.05, 4.69) is 22.8 Å². The van der Waals surface area contributed by atoms with Crippen LogP contribution in [0.15, 0.2) is 59.8 Å². The number of rotatable bonds is 2. The number of hydrogen-bond donors (Lipinski definition) is 1. The molecule has 112 valence electrons. The molecule has 0 saturated carbocycles. The summed E-state index contributed by atoms with van der Waals surface area (Å²) in [6, 6.07) is 14.1. The van der Waals surface area contributed by atoms with Gasteiger partial charge < -0.3 is 0 Å². The van der Waals surface area contributed by atoms with Gasteiger partial charge in [0.15, 0.2) is 11.0 Å². The van der Waals surface area contributed by atoms with Crippen LogP contribution in [0.1, 0.15) is 5.56 Å². The zero-order valence-electron chi connectivity index (χ0n) is 11.1. The second kappa shape index (κ2) is 5.49. The van der Waals surface area contributed by atoms with Crippen molar-refractivity contribution < 1.29 is 13.2 Å². The Kier molecular flexibility index (Phi) is 3.66. The number of thiol groups is 1. The van der Waals surface area contributed by atoms with Gasteiger partial charge in [-0.15, -0.1) is 22.8 Å². The Bertz CT molecular complexity index is 797. The van der Waals surface area contributed by atoms with Gasteiger partial charge in [0.05, 0.1) is 5.56 Å². The number of halogens is 3. The first-order valence-electron chi connectivity index (χ1n) is 6.34. The van der Waals surface area contributed by atoms with Gasteiger partial charge in [0.1, 0.15) is 0 Å². The minimum absolute atomic E-state index is 0.304. The second-order valence-electron chi connectivity index (χ2n) is 4.57. The summed E-state index contributed by atoms with van der Waals surface area (Å²) in [7, 11) is 0. The topological polar surface area (TPSA) is 30.7 Å². The summed E-state index contributed by atoms with van der Waals surface area (Å²) in [4.78, 5) is 0. The maximum absolute atomic E-state index is 12.9. The first-order valence-corrected chi connectivity index (χ1v) is 6.79. The lowest BCUT2D eigenvalue weighted by molar-refractivity contribution is -0.137. The molecule has 22 heavy (non-hydrogen) atoms. The molecule has 0 N–H and O–H groups in total. The molecule has 1 aromatic heterocycles. The van der Waals surface area contributed by atoms with Crippen molar-refractivity contribution in [2.75, 3.05) is 0 Å². The highest BCUT2D eigenvalue weighted by Gasteiger charge is 2.31. The van der Waals surface area contributed by atoms with E-state index >= 15 is 0 Å². The third-order valence-electron chi connectivity index (χ3n) is 3.11. The van der Waals surface area contributed by atoms with Crippen LogP contribution in [0.2, 0.25) is 0 Å². The van der Waals surface area contributed by atoms with E-state index < -0.39 is 11.7 Å². The maximum Gasteiger partial charge on any atom is 0.416 e. The van der Waals surface area contributed by atoms with Crippen molar-refractivity contribution in [3.63, 3.8) is 0 Å². The van der Waals surface area contributed by atoms with E-state index in [1.54, 1.807) is 22.8 Å². The van der Waals surface area contributed by atoms with Crippen molar-refractivity contribution in [3.8, 4) is 17.1 Å². The third kappa shape index (κ3) is 2.71. The summed E-state index contributed by atoms with van der Waals surface area (Å²) >= 11 is 4.23. The van der Waals surface area contributed by atoms with Gasteiger partial charge in [0.2, 0.25) is 0 Å². The molecule has 1 heterocycles. The molecule has 0 aliphatic carbocycles. The van der Waals surface area contributed by atoms with Crippen molar-refractivity contribution >= 4 is 12.6 Å². The Morgan fingerprint density at radius 2 is 1.64 bits per heavy atom. The molecule has 0 atom stereocenters.